The van der Waals surface area contributed by atoms with Crippen LogP contribution in [0.2, 0.25) is 0 Å². The Morgan fingerprint density at radius 2 is 2.05 bits per heavy atom. The van der Waals surface area contributed by atoms with E-state index in [1.54, 1.807) is 17.0 Å². The molecule has 0 radical (unpaired) electrons. The number of carboxylic acid groups (broad SMARTS) is 1. The molecule has 0 atom stereocenters. The van der Waals surface area contributed by atoms with E-state index in [0.29, 0.717) is 19.5 Å². The zero-order valence-corrected chi connectivity index (χ0v) is 11.8. The summed E-state index contributed by atoms with van der Waals surface area (Å²) >= 11 is 0. The summed E-state index contributed by atoms with van der Waals surface area (Å²) in [6, 6.07) is 5.11. The molecule has 20 heavy (non-hydrogen) atoms. The lowest BCUT2D eigenvalue weighted by Gasteiger charge is -2.31. The summed E-state index contributed by atoms with van der Waals surface area (Å²) in [4.78, 5) is 24.9. The van der Waals surface area contributed by atoms with Gasteiger partial charge in [0.1, 0.15) is 0 Å². The average Bonchev–Trinajstić information content (AvgIpc) is 2.35. The molecule has 0 spiro atoms. The molecular weight excluding hydrogens is 256 g/mol. The van der Waals surface area contributed by atoms with Crippen LogP contribution in [0, 0.1) is 0 Å². The Morgan fingerprint density at radius 1 is 1.35 bits per heavy atom. The van der Waals surface area contributed by atoms with Gasteiger partial charge in [0, 0.05) is 25.0 Å². The number of carboxylic acids is 1. The predicted molar refractivity (Wildman–Crippen MR) is 75.4 cm³/mol. The first-order chi connectivity index (χ1) is 9.26. The first-order valence-corrected chi connectivity index (χ1v) is 6.68. The maximum atomic E-state index is 12.2. The Bertz CT molecular complexity index is 547. The van der Waals surface area contributed by atoms with Gasteiger partial charge in [-0.3, -0.25) is 4.79 Å². The van der Waals surface area contributed by atoms with Crippen molar-refractivity contribution in [3.05, 3.63) is 34.9 Å². The summed E-state index contributed by atoms with van der Waals surface area (Å²) in [6.07, 6.45) is 1.05. The summed E-state index contributed by atoms with van der Waals surface area (Å²) in [6.45, 7) is 4.77. The van der Waals surface area contributed by atoms with Crippen LogP contribution in [0.3, 0.4) is 0 Å². The van der Waals surface area contributed by atoms with E-state index >= 15 is 0 Å². The van der Waals surface area contributed by atoms with Gasteiger partial charge in [-0.15, -0.1) is 0 Å². The minimum Gasteiger partial charge on any atom is -0.478 e. The Balaban J connectivity index is 2.15. The van der Waals surface area contributed by atoms with Crippen LogP contribution >= 0.6 is 0 Å². The van der Waals surface area contributed by atoms with Crippen LogP contribution in [0.1, 0.15) is 41.8 Å². The van der Waals surface area contributed by atoms with Gasteiger partial charge in [0.05, 0.1) is 5.56 Å². The first kappa shape index (κ1) is 14.5. The van der Waals surface area contributed by atoms with Crippen molar-refractivity contribution < 1.29 is 14.7 Å². The summed E-state index contributed by atoms with van der Waals surface area (Å²) in [5, 5.41) is 9.02. The molecule has 5 heteroatoms. The quantitative estimate of drug-likeness (QED) is 0.874. The van der Waals surface area contributed by atoms with Gasteiger partial charge >= 0.3 is 5.97 Å². The van der Waals surface area contributed by atoms with E-state index in [2.05, 4.69) is 0 Å². The standard InChI is InChI=1S/C15H20N2O3/c1-15(2,16)8-13(18)17-6-5-10-3-4-11(14(19)20)7-12(10)9-17/h3-4,7H,5-6,8-9,16H2,1-2H3,(H,19,20). The van der Waals surface area contributed by atoms with E-state index in [-0.39, 0.29) is 11.5 Å². The number of aromatic carboxylic acids is 1. The molecule has 1 aliphatic heterocycles. The number of fused-ring (bicyclic) bond motifs is 1. The van der Waals surface area contributed by atoms with Crippen molar-refractivity contribution in [2.24, 2.45) is 5.73 Å². The first-order valence-electron chi connectivity index (χ1n) is 6.68. The molecule has 108 valence electrons. The van der Waals surface area contributed by atoms with Gasteiger partial charge in [-0.25, -0.2) is 4.79 Å². The van der Waals surface area contributed by atoms with E-state index < -0.39 is 11.5 Å². The SMILES string of the molecule is CC(C)(N)CC(=O)N1CCc2ccc(C(=O)O)cc2C1. The highest BCUT2D eigenvalue weighted by Crippen LogP contribution is 2.22. The van der Waals surface area contributed by atoms with Crippen molar-refractivity contribution in [1.82, 2.24) is 4.90 Å². The van der Waals surface area contributed by atoms with Crippen molar-refractivity contribution in [3.63, 3.8) is 0 Å². The molecular formula is C15H20N2O3. The fourth-order valence-corrected chi connectivity index (χ4v) is 2.40. The van der Waals surface area contributed by atoms with Crippen molar-refractivity contribution in [2.75, 3.05) is 6.54 Å². The molecule has 1 amide bonds. The van der Waals surface area contributed by atoms with Gasteiger partial charge < -0.3 is 15.7 Å². The molecule has 0 saturated heterocycles. The highest BCUT2D eigenvalue weighted by atomic mass is 16.4. The number of benzene rings is 1. The number of carbonyl (C=O) groups excluding carboxylic acids is 1. The minimum absolute atomic E-state index is 0.0175. The Hall–Kier alpha value is -1.88. The third-order valence-electron chi connectivity index (χ3n) is 3.43. The van der Waals surface area contributed by atoms with Crippen molar-refractivity contribution in [1.29, 1.82) is 0 Å². The van der Waals surface area contributed by atoms with Gasteiger partial charge in [0.2, 0.25) is 5.91 Å². The Morgan fingerprint density at radius 3 is 2.65 bits per heavy atom. The number of rotatable bonds is 3. The molecule has 3 N–H and O–H groups in total. The Labute approximate surface area is 118 Å². The molecule has 0 unspecified atom stereocenters. The third kappa shape index (κ3) is 3.36. The zero-order valence-electron chi connectivity index (χ0n) is 11.8. The molecule has 0 aromatic heterocycles. The normalized spacial score (nSPS) is 14.8. The molecule has 1 aromatic rings. The molecule has 1 aromatic carbocycles. The summed E-state index contributed by atoms with van der Waals surface area (Å²) < 4.78 is 0. The molecule has 2 rings (SSSR count). The second-order valence-corrected chi connectivity index (χ2v) is 6.02. The van der Waals surface area contributed by atoms with E-state index in [1.807, 2.05) is 19.9 Å². The van der Waals surface area contributed by atoms with E-state index in [4.69, 9.17) is 10.8 Å². The smallest absolute Gasteiger partial charge is 0.335 e. The topological polar surface area (TPSA) is 83.6 Å². The molecule has 1 aliphatic rings. The lowest BCUT2D eigenvalue weighted by atomic mass is 9.95. The van der Waals surface area contributed by atoms with Gasteiger partial charge in [-0.2, -0.15) is 0 Å². The van der Waals surface area contributed by atoms with Crippen LogP contribution in [-0.4, -0.2) is 34.0 Å². The van der Waals surface area contributed by atoms with Crippen LogP contribution in [0.4, 0.5) is 0 Å². The third-order valence-corrected chi connectivity index (χ3v) is 3.43. The van der Waals surface area contributed by atoms with Gasteiger partial charge in [0.25, 0.3) is 0 Å². The average molecular weight is 276 g/mol. The van der Waals surface area contributed by atoms with E-state index in [9.17, 15) is 9.59 Å². The van der Waals surface area contributed by atoms with Crippen molar-refractivity contribution in [2.45, 2.75) is 38.8 Å². The highest BCUT2D eigenvalue weighted by molar-refractivity contribution is 5.88. The maximum absolute atomic E-state index is 12.2. The number of hydrogen-bond donors (Lipinski definition) is 2. The molecule has 0 bridgehead atoms. The minimum atomic E-state index is -0.945. The monoisotopic (exact) mass is 276 g/mol. The lowest BCUT2D eigenvalue weighted by molar-refractivity contribution is -0.133. The second kappa shape index (κ2) is 5.25. The highest BCUT2D eigenvalue weighted by Gasteiger charge is 2.25. The van der Waals surface area contributed by atoms with Crippen molar-refractivity contribution >= 4 is 11.9 Å². The summed E-state index contributed by atoms with van der Waals surface area (Å²) in [5.74, 6) is -0.928. The van der Waals surface area contributed by atoms with Crippen LogP contribution in [0.15, 0.2) is 18.2 Å². The summed E-state index contributed by atoms with van der Waals surface area (Å²) in [7, 11) is 0. The fourth-order valence-electron chi connectivity index (χ4n) is 2.40. The number of amides is 1. The Kier molecular flexibility index (Phi) is 3.81. The fraction of sp³-hybridized carbons (Fsp3) is 0.467. The lowest BCUT2D eigenvalue weighted by Crippen LogP contribution is -2.43. The van der Waals surface area contributed by atoms with Gasteiger partial charge in [-0.1, -0.05) is 6.07 Å². The molecule has 0 fully saturated rings. The molecule has 5 nitrogen and oxygen atoms in total. The van der Waals surface area contributed by atoms with Crippen LogP contribution in [-0.2, 0) is 17.8 Å². The number of nitrogens with zero attached hydrogens (tertiary/aromatic N) is 1. The van der Waals surface area contributed by atoms with Crippen LogP contribution < -0.4 is 5.73 Å². The molecule has 0 saturated carbocycles. The largest absolute Gasteiger partial charge is 0.478 e. The number of hydrogen-bond acceptors (Lipinski definition) is 3. The van der Waals surface area contributed by atoms with Crippen molar-refractivity contribution in [3.8, 4) is 0 Å². The molecule has 1 heterocycles. The summed E-state index contributed by atoms with van der Waals surface area (Å²) in [5.41, 5.74) is 7.64. The number of carbonyl (C=O) groups is 2. The molecule has 0 aliphatic carbocycles. The van der Waals surface area contributed by atoms with Crippen LogP contribution in [0.25, 0.3) is 0 Å². The maximum Gasteiger partial charge on any atom is 0.335 e. The van der Waals surface area contributed by atoms with Gasteiger partial charge in [-0.05, 0) is 43.5 Å². The van der Waals surface area contributed by atoms with Gasteiger partial charge in [0.15, 0.2) is 0 Å². The van der Waals surface area contributed by atoms with E-state index in [0.717, 1.165) is 17.5 Å². The second-order valence-electron chi connectivity index (χ2n) is 6.02. The van der Waals surface area contributed by atoms with E-state index in [1.165, 1.54) is 0 Å². The number of nitrogens with two attached hydrogens (primary N) is 1. The zero-order chi connectivity index (χ0) is 14.9. The van der Waals surface area contributed by atoms with Crippen LogP contribution in [0.5, 0.6) is 0 Å². The predicted octanol–water partition coefficient (Wildman–Crippen LogP) is 1.40.